The lowest BCUT2D eigenvalue weighted by molar-refractivity contribution is -0.117. The first kappa shape index (κ1) is 18.5. The van der Waals surface area contributed by atoms with Crippen LogP contribution in [0.1, 0.15) is 24.5 Å². The monoisotopic (exact) mass is 355 g/mol. The molecular formula is C19H18ClN3O2. The van der Waals surface area contributed by atoms with Crippen molar-refractivity contribution in [3.8, 4) is 6.07 Å². The summed E-state index contributed by atoms with van der Waals surface area (Å²) in [6, 6.07) is 14.0. The molecule has 6 heteroatoms. The summed E-state index contributed by atoms with van der Waals surface area (Å²) >= 11 is 5.90. The van der Waals surface area contributed by atoms with Crippen molar-refractivity contribution in [3.05, 3.63) is 58.6 Å². The summed E-state index contributed by atoms with van der Waals surface area (Å²) in [6.07, 6.45) is 0.137. The van der Waals surface area contributed by atoms with Crippen LogP contribution >= 0.6 is 11.6 Å². The van der Waals surface area contributed by atoms with E-state index in [1.807, 2.05) is 13.0 Å². The van der Waals surface area contributed by atoms with Crippen LogP contribution in [0.2, 0.25) is 5.02 Å². The zero-order valence-electron chi connectivity index (χ0n) is 14.0. The van der Waals surface area contributed by atoms with Crippen LogP contribution < -0.4 is 10.2 Å². The lowest BCUT2D eigenvalue weighted by Gasteiger charge is -2.21. The van der Waals surface area contributed by atoms with Gasteiger partial charge in [-0.25, -0.2) is 0 Å². The fourth-order valence-corrected chi connectivity index (χ4v) is 2.63. The Kier molecular flexibility index (Phi) is 6.15. The van der Waals surface area contributed by atoms with Crippen LogP contribution in [0.25, 0.3) is 0 Å². The number of hydrogen-bond acceptors (Lipinski definition) is 3. The third-order valence-corrected chi connectivity index (χ3v) is 3.93. The molecule has 0 saturated heterocycles. The molecule has 2 aromatic carbocycles. The molecule has 0 aliphatic carbocycles. The first-order chi connectivity index (χ1) is 11.9. The summed E-state index contributed by atoms with van der Waals surface area (Å²) in [5, 5.41) is 12.4. The number of nitriles is 1. The topological polar surface area (TPSA) is 73.2 Å². The first-order valence-electron chi connectivity index (χ1n) is 7.75. The van der Waals surface area contributed by atoms with E-state index in [9.17, 15) is 9.59 Å². The van der Waals surface area contributed by atoms with Crippen molar-refractivity contribution >= 4 is 34.8 Å². The van der Waals surface area contributed by atoms with E-state index in [2.05, 4.69) is 5.32 Å². The van der Waals surface area contributed by atoms with E-state index in [1.54, 1.807) is 42.5 Å². The second-order valence-corrected chi connectivity index (χ2v) is 6.03. The Bertz CT molecular complexity index is 843. The molecule has 0 unspecified atom stereocenters. The third kappa shape index (κ3) is 5.07. The lowest BCUT2D eigenvalue weighted by atomic mass is 10.2. The highest BCUT2D eigenvalue weighted by molar-refractivity contribution is 6.30. The average molecular weight is 356 g/mol. The number of halogens is 1. The van der Waals surface area contributed by atoms with Gasteiger partial charge in [-0.2, -0.15) is 5.26 Å². The molecule has 0 spiro atoms. The fraction of sp³-hybridized carbons (Fsp3) is 0.211. The molecule has 128 valence electrons. The van der Waals surface area contributed by atoms with Gasteiger partial charge in [-0.05, 0) is 48.9 Å². The number of nitrogens with one attached hydrogen (secondary N) is 1. The molecule has 0 atom stereocenters. The van der Waals surface area contributed by atoms with Crippen molar-refractivity contribution in [2.45, 2.75) is 20.3 Å². The van der Waals surface area contributed by atoms with E-state index < -0.39 is 0 Å². The largest absolute Gasteiger partial charge is 0.326 e. The summed E-state index contributed by atoms with van der Waals surface area (Å²) in [7, 11) is 0. The van der Waals surface area contributed by atoms with Crippen molar-refractivity contribution in [2.24, 2.45) is 0 Å². The number of anilines is 2. The minimum atomic E-state index is -0.201. The SMILES string of the molecule is CC(=O)N(CCC(=O)Nc1ccc(Cl)cc1C)c1cccc(C#N)c1. The molecule has 2 amide bonds. The van der Waals surface area contributed by atoms with Gasteiger partial charge in [-0.15, -0.1) is 0 Å². The molecule has 0 radical (unpaired) electrons. The minimum Gasteiger partial charge on any atom is -0.326 e. The number of nitrogens with zero attached hydrogens (tertiary/aromatic N) is 2. The fourth-order valence-electron chi connectivity index (χ4n) is 2.41. The highest BCUT2D eigenvalue weighted by Crippen LogP contribution is 2.20. The third-order valence-electron chi connectivity index (χ3n) is 3.69. The van der Waals surface area contributed by atoms with Crippen molar-refractivity contribution in [2.75, 3.05) is 16.8 Å². The molecule has 0 aromatic heterocycles. The van der Waals surface area contributed by atoms with Gasteiger partial charge in [0, 0.05) is 36.3 Å². The van der Waals surface area contributed by atoms with Gasteiger partial charge in [-0.3, -0.25) is 9.59 Å². The molecule has 1 N–H and O–H groups in total. The highest BCUT2D eigenvalue weighted by Gasteiger charge is 2.14. The minimum absolute atomic E-state index is 0.137. The van der Waals surface area contributed by atoms with Crippen molar-refractivity contribution in [1.29, 1.82) is 5.26 Å². The van der Waals surface area contributed by atoms with Crippen molar-refractivity contribution < 1.29 is 9.59 Å². The van der Waals surface area contributed by atoms with E-state index in [4.69, 9.17) is 16.9 Å². The van der Waals surface area contributed by atoms with E-state index in [0.717, 1.165) is 5.56 Å². The van der Waals surface area contributed by atoms with E-state index >= 15 is 0 Å². The van der Waals surface area contributed by atoms with Crippen LogP contribution in [0.3, 0.4) is 0 Å². The Morgan fingerprint density at radius 1 is 1.24 bits per heavy atom. The Labute approximate surface area is 151 Å². The molecule has 0 heterocycles. The second-order valence-electron chi connectivity index (χ2n) is 5.59. The molecule has 0 fully saturated rings. The number of hydrogen-bond donors (Lipinski definition) is 1. The van der Waals surface area contributed by atoms with Gasteiger partial charge >= 0.3 is 0 Å². The molecule has 0 aliphatic heterocycles. The van der Waals surface area contributed by atoms with Crippen molar-refractivity contribution in [3.63, 3.8) is 0 Å². The molecule has 25 heavy (non-hydrogen) atoms. The molecule has 2 aromatic rings. The zero-order valence-corrected chi connectivity index (χ0v) is 14.8. The molecule has 0 bridgehead atoms. The smallest absolute Gasteiger partial charge is 0.226 e. The number of carbonyl (C=O) groups is 2. The summed E-state index contributed by atoms with van der Waals surface area (Å²) in [5.41, 5.74) is 2.62. The van der Waals surface area contributed by atoms with Crippen LogP contribution in [0, 0.1) is 18.3 Å². The van der Waals surface area contributed by atoms with Gasteiger partial charge in [0.15, 0.2) is 0 Å². The normalized spacial score (nSPS) is 10.0. The van der Waals surface area contributed by atoms with Gasteiger partial charge in [-0.1, -0.05) is 17.7 Å². The maximum atomic E-state index is 12.2. The number of rotatable bonds is 5. The van der Waals surface area contributed by atoms with Gasteiger partial charge in [0.25, 0.3) is 0 Å². The average Bonchev–Trinajstić information content (AvgIpc) is 2.57. The first-order valence-corrected chi connectivity index (χ1v) is 8.13. The molecule has 0 saturated carbocycles. The predicted octanol–water partition coefficient (Wildman–Crippen LogP) is 3.90. The summed E-state index contributed by atoms with van der Waals surface area (Å²) in [5.74, 6) is -0.390. The van der Waals surface area contributed by atoms with E-state index in [1.165, 1.54) is 11.8 Å². The van der Waals surface area contributed by atoms with Crippen LogP contribution in [-0.4, -0.2) is 18.4 Å². The summed E-state index contributed by atoms with van der Waals surface area (Å²) in [4.78, 5) is 25.6. The molecule has 2 rings (SSSR count). The standard InChI is InChI=1S/C19H18ClN3O2/c1-13-10-16(20)6-7-18(13)22-19(25)8-9-23(14(2)24)17-5-3-4-15(11-17)12-21/h3-7,10-11H,8-9H2,1-2H3,(H,22,25). The zero-order chi connectivity index (χ0) is 18.4. The highest BCUT2D eigenvalue weighted by atomic mass is 35.5. The van der Waals surface area contributed by atoms with Gasteiger partial charge < -0.3 is 10.2 Å². The summed E-state index contributed by atoms with van der Waals surface area (Å²) < 4.78 is 0. The second kappa shape index (κ2) is 8.32. The number of aryl methyl sites for hydroxylation is 1. The van der Waals surface area contributed by atoms with Crippen molar-refractivity contribution in [1.82, 2.24) is 0 Å². The van der Waals surface area contributed by atoms with E-state index in [0.29, 0.717) is 22.0 Å². The molecular weight excluding hydrogens is 338 g/mol. The Balaban J connectivity index is 2.04. The summed E-state index contributed by atoms with van der Waals surface area (Å²) in [6.45, 7) is 3.51. The van der Waals surface area contributed by atoms with Crippen LogP contribution in [0.15, 0.2) is 42.5 Å². The Morgan fingerprint density at radius 2 is 2.00 bits per heavy atom. The maximum Gasteiger partial charge on any atom is 0.226 e. The lowest BCUT2D eigenvalue weighted by Crippen LogP contribution is -2.32. The van der Waals surface area contributed by atoms with Crippen LogP contribution in [0.5, 0.6) is 0 Å². The number of amides is 2. The van der Waals surface area contributed by atoms with Gasteiger partial charge in [0.2, 0.25) is 11.8 Å². The van der Waals surface area contributed by atoms with Gasteiger partial charge in [0.1, 0.15) is 0 Å². The van der Waals surface area contributed by atoms with Gasteiger partial charge in [0.05, 0.1) is 11.6 Å². The molecule has 0 aliphatic rings. The van der Waals surface area contributed by atoms with Crippen LogP contribution in [0.4, 0.5) is 11.4 Å². The number of carbonyl (C=O) groups excluding carboxylic acids is 2. The quantitative estimate of drug-likeness (QED) is 0.883. The molecule has 5 nitrogen and oxygen atoms in total. The number of benzene rings is 2. The Morgan fingerprint density at radius 3 is 2.64 bits per heavy atom. The Hall–Kier alpha value is -2.84. The van der Waals surface area contributed by atoms with E-state index in [-0.39, 0.29) is 24.8 Å². The van der Waals surface area contributed by atoms with Crippen LogP contribution in [-0.2, 0) is 9.59 Å². The maximum absolute atomic E-state index is 12.2. The predicted molar refractivity (Wildman–Crippen MR) is 98.6 cm³/mol.